The summed E-state index contributed by atoms with van der Waals surface area (Å²) in [6.07, 6.45) is 0.935. The van der Waals surface area contributed by atoms with Gasteiger partial charge in [-0.3, -0.25) is 0 Å². The van der Waals surface area contributed by atoms with Crippen LogP contribution in [0.4, 0.5) is 0 Å². The molecule has 1 aliphatic heterocycles. The van der Waals surface area contributed by atoms with Gasteiger partial charge in [0.25, 0.3) is 0 Å². The van der Waals surface area contributed by atoms with Crippen LogP contribution in [0.2, 0.25) is 0 Å². The number of benzene rings is 1. The topological polar surface area (TPSA) is 82.0 Å². The third kappa shape index (κ3) is 3.16. The first kappa shape index (κ1) is 14.5. The van der Waals surface area contributed by atoms with Crippen molar-refractivity contribution in [2.24, 2.45) is 4.99 Å². The van der Waals surface area contributed by atoms with E-state index in [4.69, 9.17) is 8.92 Å². The van der Waals surface area contributed by atoms with Gasteiger partial charge < -0.3 is 8.92 Å². The number of rotatable bonds is 2. The van der Waals surface area contributed by atoms with Crippen molar-refractivity contribution >= 4 is 22.0 Å². The Labute approximate surface area is 117 Å². The molecule has 0 aromatic heterocycles. The lowest BCUT2D eigenvalue weighted by Gasteiger charge is -2.13. The molecule has 108 valence electrons. The van der Waals surface area contributed by atoms with Gasteiger partial charge in [0.2, 0.25) is 5.90 Å². The number of aliphatic imine (C=N–C) groups is 1. The third-order valence-corrected chi connectivity index (χ3v) is 2.81. The molecule has 0 bridgehead atoms. The Hall–Kier alpha value is -1.89. The highest BCUT2D eigenvalue weighted by molar-refractivity contribution is 7.86. The maximum atomic E-state index is 11.8. The highest BCUT2D eigenvalue weighted by Crippen LogP contribution is 2.31. The number of fused-ring (bicyclic) bond motifs is 1. The second-order valence-corrected chi connectivity index (χ2v) is 7.02. The van der Waals surface area contributed by atoms with E-state index in [1.807, 2.05) is 20.8 Å². The van der Waals surface area contributed by atoms with Crippen LogP contribution < -0.4 is 4.18 Å². The number of hydrogen-bond donors (Lipinski definition) is 0. The summed E-state index contributed by atoms with van der Waals surface area (Å²) in [5, 5.41) is 0. The van der Waals surface area contributed by atoms with Crippen LogP contribution in [0.5, 0.6) is 5.75 Å². The summed E-state index contributed by atoms with van der Waals surface area (Å²) in [5.41, 5.74) is 0.0436. The maximum absolute atomic E-state index is 11.8. The standard InChI is InChI=1S/C13H15NO5S/c1-13(2,3)14-11-10-8(12(15)18-11)6-5-7-9(10)19-20(4,16)17/h5-7H,1-4H3. The molecule has 1 aliphatic rings. The summed E-state index contributed by atoms with van der Waals surface area (Å²) < 4.78 is 32.6. The predicted octanol–water partition coefficient (Wildman–Crippen LogP) is 1.74. The Bertz CT molecular complexity index is 698. The zero-order valence-corrected chi connectivity index (χ0v) is 12.4. The number of hydrogen-bond acceptors (Lipinski definition) is 6. The van der Waals surface area contributed by atoms with Crippen molar-refractivity contribution in [2.45, 2.75) is 26.3 Å². The molecule has 7 heteroatoms. The summed E-state index contributed by atoms with van der Waals surface area (Å²) in [6.45, 7) is 5.52. The number of nitrogens with zero attached hydrogens (tertiary/aromatic N) is 1. The monoisotopic (exact) mass is 297 g/mol. The van der Waals surface area contributed by atoms with E-state index in [-0.39, 0.29) is 22.8 Å². The van der Waals surface area contributed by atoms with Gasteiger partial charge in [0, 0.05) is 0 Å². The highest BCUT2D eigenvalue weighted by atomic mass is 32.2. The summed E-state index contributed by atoms with van der Waals surface area (Å²) >= 11 is 0. The second kappa shape index (κ2) is 4.59. The van der Waals surface area contributed by atoms with Gasteiger partial charge in [0.05, 0.1) is 22.9 Å². The molecule has 0 saturated heterocycles. The first-order valence-electron chi connectivity index (χ1n) is 5.92. The summed E-state index contributed by atoms with van der Waals surface area (Å²) in [6, 6.07) is 4.53. The van der Waals surface area contributed by atoms with Gasteiger partial charge >= 0.3 is 16.1 Å². The Morgan fingerprint density at radius 1 is 1.25 bits per heavy atom. The molecular weight excluding hydrogens is 282 g/mol. The van der Waals surface area contributed by atoms with Crippen molar-refractivity contribution in [1.29, 1.82) is 0 Å². The third-order valence-electron chi connectivity index (χ3n) is 2.33. The molecule has 0 amide bonds. The van der Waals surface area contributed by atoms with Gasteiger partial charge in [0.15, 0.2) is 5.75 Å². The molecule has 0 unspecified atom stereocenters. The Balaban J connectivity index is 2.61. The van der Waals surface area contributed by atoms with Gasteiger partial charge in [-0.05, 0) is 32.9 Å². The summed E-state index contributed by atoms with van der Waals surface area (Å²) in [5.74, 6) is -0.447. The molecule has 0 spiro atoms. The predicted molar refractivity (Wildman–Crippen MR) is 73.6 cm³/mol. The van der Waals surface area contributed by atoms with Crippen molar-refractivity contribution in [2.75, 3.05) is 6.26 Å². The minimum Gasteiger partial charge on any atom is -0.403 e. The fourth-order valence-electron chi connectivity index (χ4n) is 1.73. The molecular formula is C13H15NO5S. The van der Waals surface area contributed by atoms with Crippen molar-refractivity contribution in [3.05, 3.63) is 29.3 Å². The Morgan fingerprint density at radius 3 is 2.45 bits per heavy atom. The van der Waals surface area contributed by atoms with Crippen LogP contribution in [0.15, 0.2) is 23.2 Å². The first-order chi connectivity index (χ1) is 9.07. The lowest BCUT2D eigenvalue weighted by atomic mass is 10.1. The van der Waals surface area contributed by atoms with E-state index in [1.165, 1.54) is 18.2 Å². The van der Waals surface area contributed by atoms with E-state index < -0.39 is 21.6 Å². The number of esters is 1. The Kier molecular flexibility index (Phi) is 3.33. The normalized spacial score (nSPS) is 17.0. The number of carbonyl (C=O) groups is 1. The number of cyclic esters (lactones) is 1. The average Bonchev–Trinajstić information content (AvgIpc) is 2.52. The van der Waals surface area contributed by atoms with Crippen molar-refractivity contribution < 1.29 is 22.1 Å². The number of carbonyl (C=O) groups excluding carboxylic acids is 1. The first-order valence-corrected chi connectivity index (χ1v) is 7.73. The maximum Gasteiger partial charge on any atom is 0.345 e. The SMILES string of the molecule is CC(C)(C)N=C1OC(=O)c2cccc(OS(C)(=O)=O)c21. The van der Waals surface area contributed by atoms with Crippen molar-refractivity contribution in [3.8, 4) is 5.75 Å². The van der Waals surface area contributed by atoms with Gasteiger partial charge in [-0.25, -0.2) is 9.79 Å². The lowest BCUT2D eigenvalue weighted by molar-refractivity contribution is 0.0736. The smallest absolute Gasteiger partial charge is 0.345 e. The van der Waals surface area contributed by atoms with Crippen LogP contribution in [-0.4, -0.2) is 32.1 Å². The van der Waals surface area contributed by atoms with E-state index in [2.05, 4.69) is 4.99 Å². The largest absolute Gasteiger partial charge is 0.403 e. The molecule has 0 aliphatic carbocycles. The molecule has 0 saturated carbocycles. The quantitative estimate of drug-likeness (QED) is 0.613. The molecule has 1 aromatic carbocycles. The van der Waals surface area contributed by atoms with Crippen LogP contribution in [0, 0.1) is 0 Å². The Morgan fingerprint density at radius 2 is 1.90 bits per heavy atom. The van der Waals surface area contributed by atoms with E-state index in [0.717, 1.165) is 6.26 Å². The molecule has 2 rings (SSSR count). The van der Waals surface area contributed by atoms with Crippen molar-refractivity contribution in [1.82, 2.24) is 0 Å². The minimum absolute atomic E-state index is 0.0406. The van der Waals surface area contributed by atoms with E-state index in [9.17, 15) is 13.2 Å². The van der Waals surface area contributed by atoms with Crippen LogP contribution in [-0.2, 0) is 14.9 Å². The van der Waals surface area contributed by atoms with Gasteiger partial charge in [0.1, 0.15) is 0 Å². The minimum atomic E-state index is -3.71. The highest BCUT2D eigenvalue weighted by Gasteiger charge is 2.33. The number of ether oxygens (including phenoxy) is 1. The summed E-state index contributed by atoms with van der Waals surface area (Å²) in [4.78, 5) is 16.1. The molecule has 0 radical (unpaired) electrons. The van der Waals surface area contributed by atoms with Gasteiger partial charge in [-0.1, -0.05) is 6.07 Å². The molecule has 6 nitrogen and oxygen atoms in total. The fourth-order valence-corrected chi connectivity index (χ4v) is 2.20. The zero-order chi connectivity index (χ0) is 15.1. The molecule has 1 aromatic rings. The zero-order valence-electron chi connectivity index (χ0n) is 11.6. The second-order valence-electron chi connectivity index (χ2n) is 5.44. The van der Waals surface area contributed by atoms with E-state index in [1.54, 1.807) is 0 Å². The van der Waals surface area contributed by atoms with Crippen molar-refractivity contribution in [3.63, 3.8) is 0 Å². The fraction of sp³-hybridized carbons (Fsp3) is 0.385. The van der Waals surface area contributed by atoms with E-state index in [0.29, 0.717) is 0 Å². The van der Waals surface area contributed by atoms with Crippen LogP contribution in [0.1, 0.15) is 36.7 Å². The summed E-state index contributed by atoms with van der Waals surface area (Å²) in [7, 11) is -3.71. The molecule has 0 atom stereocenters. The molecule has 20 heavy (non-hydrogen) atoms. The van der Waals surface area contributed by atoms with Gasteiger partial charge in [-0.15, -0.1) is 0 Å². The molecule has 0 N–H and O–H groups in total. The lowest BCUT2D eigenvalue weighted by Crippen LogP contribution is -2.16. The average molecular weight is 297 g/mol. The van der Waals surface area contributed by atoms with E-state index >= 15 is 0 Å². The van der Waals surface area contributed by atoms with Gasteiger partial charge in [-0.2, -0.15) is 8.42 Å². The van der Waals surface area contributed by atoms with Crippen LogP contribution in [0.25, 0.3) is 0 Å². The molecule has 0 fully saturated rings. The van der Waals surface area contributed by atoms with Crippen LogP contribution >= 0.6 is 0 Å². The van der Waals surface area contributed by atoms with Crippen LogP contribution in [0.3, 0.4) is 0 Å². The molecule has 1 heterocycles.